The Morgan fingerprint density at radius 2 is 2.05 bits per heavy atom. The molecule has 4 heteroatoms. The first-order valence-corrected chi connectivity index (χ1v) is 6.99. The highest BCUT2D eigenvalue weighted by atomic mass is 19.1. The van der Waals surface area contributed by atoms with E-state index in [1.165, 1.54) is 18.6 Å². The van der Waals surface area contributed by atoms with Crippen molar-refractivity contribution in [3.8, 4) is 0 Å². The summed E-state index contributed by atoms with van der Waals surface area (Å²) in [6, 6.07) is 4.52. The number of hydrogen-bond acceptors (Lipinski definition) is 2. The van der Waals surface area contributed by atoms with Crippen LogP contribution in [0.2, 0.25) is 0 Å². The van der Waals surface area contributed by atoms with E-state index in [2.05, 4.69) is 0 Å². The molecule has 0 heterocycles. The average molecular weight is 264 g/mol. The van der Waals surface area contributed by atoms with Crippen LogP contribution in [-0.4, -0.2) is 23.4 Å². The van der Waals surface area contributed by atoms with Gasteiger partial charge in [0.25, 0.3) is 5.91 Å². The molecule has 0 saturated heterocycles. The maximum Gasteiger partial charge on any atom is 0.257 e. The van der Waals surface area contributed by atoms with E-state index in [1.807, 2.05) is 6.92 Å². The van der Waals surface area contributed by atoms with Crippen LogP contribution in [0.5, 0.6) is 0 Å². The highest BCUT2D eigenvalue weighted by molar-refractivity contribution is 5.95. The summed E-state index contributed by atoms with van der Waals surface area (Å²) >= 11 is 0. The number of benzene rings is 1. The van der Waals surface area contributed by atoms with Gasteiger partial charge in [-0.25, -0.2) is 4.39 Å². The Morgan fingerprint density at radius 3 is 2.63 bits per heavy atom. The number of halogens is 1. The Kier molecular flexibility index (Phi) is 4.40. The minimum absolute atomic E-state index is 0.127. The molecule has 1 aliphatic rings. The highest BCUT2D eigenvalue weighted by Gasteiger charge is 2.26. The quantitative estimate of drug-likeness (QED) is 0.852. The molecule has 0 aromatic heterocycles. The van der Waals surface area contributed by atoms with Gasteiger partial charge in [0.05, 0.1) is 5.56 Å². The predicted octanol–water partition coefficient (Wildman–Crippen LogP) is 3.20. The third-order valence-corrected chi connectivity index (χ3v) is 3.84. The molecule has 2 N–H and O–H groups in total. The number of nitrogen functional groups attached to an aromatic ring is 1. The second-order valence-electron chi connectivity index (χ2n) is 5.12. The van der Waals surface area contributed by atoms with E-state index in [4.69, 9.17) is 5.73 Å². The summed E-state index contributed by atoms with van der Waals surface area (Å²) in [5.74, 6) is -0.744. The summed E-state index contributed by atoms with van der Waals surface area (Å²) in [5, 5.41) is 0. The second-order valence-corrected chi connectivity index (χ2v) is 5.12. The van der Waals surface area contributed by atoms with Crippen molar-refractivity contribution < 1.29 is 9.18 Å². The molecule has 19 heavy (non-hydrogen) atoms. The number of hydrogen-bond donors (Lipinski definition) is 1. The molecule has 0 unspecified atom stereocenters. The molecule has 2 rings (SSSR count). The smallest absolute Gasteiger partial charge is 0.257 e. The Morgan fingerprint density at radius 1 is 1.37 bits per heavy atom. The minimum Gasteiger partial charge on any atom is -0.399 e. The topological polar surface area (TPSA) is 46.3 Å². The Balaban J connectivity index is 2.19. The first-order valence-electron chi connectivity index (χ1n) is 6.99. The zero-order chi connectivity index (χ0) is 13.8. The van der Waals surface area contributed by atoms with E-state index in [-0.39, 0.29) is 17.5 Å². The summed E-state index contributed by atoms with van der Waals surface area (Å²) in [6.45, 7) is 2.56. The first-order chi connectivity index (χ1) is 9.13. The fraction of sp³-hybridized carbons (Fsp3) is 0.533. The monoisotopic (exact) mass is 264 g/mol. The van der Waals surface area contributed by atoms with E-state index in [0.29, 0.717) is 12.2 Å². The van der Waals surface area contributed by atoms with Crippen LogP contribution < -0.4 is 5.73 Å². The molecule has 1 saturated carbocycles. The Labute approximate surface area is 113 Å². The average Bonchev–Trinajstić information content (AvgIpc) is 2.40. The van der Waals surface area contributed by atoms with Crippen LogP contribution in [0.3, 0.4) is 0 Å². The van der Waals surface area contributed by atoms with Gasteiger partial charge < -0.3 is 10.6 Å². The van der Waals surface area contributed by atoms with Crippen LogP contribution in [0.15, 0.2) is 18.2 Å². The van der Waals surface area contributed by atoms with E-state index in [1.54, 1.807) is 11.0 Å². The first kappa shape index (κ1) is 13.8. The second kappa shape index (κ2) is 6.04. The Hall–Kier alpha value is -1.58. The van der Waals surface area contributed by atoms with Gasteiger partial charge in [0.15, 0.2) is 0 Å². The lowest BCUT2D eigenvalue weighted by Gasteiger charge is -2.33. The molecule has 1 aromatic rings. The van der Waals surface area contributed by atoms with Crippen molar-refractivity contribution in [3.05, 3.63) is 29.6 Å². The van der Waals surface area contributed by atoms with Gasteiger partial charge in [-0.1, -0.05) is 19.3 Å². The van der Waals surface area contributed by atoms with Gasteiger partial charge in [-0.05, 0) is 38.0 Å². The zero-order valence-electron chi connectivity index (χ0n) is 11.4. The van der Waals surface area contributed by atoms with E-state index < -0.39 is 5.82 Å². The maximum atomic E-state index is 13.8. The van der Waals surface area contributed by atoms with Crippen molar-refractivity contribution in [1.29, 1.82) is 0 Å². The van der Waals surface area contributed by atoms with Crippen LogP contribution in [0, 0.1) is 5.82 Å². The summed E-state index contributed by atoms with van der Waals surface area (Å²) in [5.41, 5.74) is 5.98. The van der Waals surface area contributed by atoms with Crippen molar-refractivity contribution in [2.75, 3.05) is 12.3 Å². The molecule has 0 bridgehead atoms. The van der Waals surface area contributed by atoms with Crippen LogP contribution in [0.4, 0.5) is 10.1 Å². The lowest BCUT2D eigenvalue weighted by atomic mass is 9.93. The fourth-order valence-electron chi connectivity index (χ4n) is 2.82. The molecule has 3 nitrogen and oxygen atoms in total. The van der Waals surface area contributed by atoms with Gasteiger partial charge >= 0.3 is 0 Å². The van der Waals surface area contributed by atoms with Gasteiger partial charge in [-0.15, -0.1) is 0 Å². The van der Waals surface area contributed by atoms with Crippen LogP contribution >= 0.6 is 0 Å². The summed E-state index contributed by atoms with van der Waals surface area (Å²) in [4.78, 5) is 14.3. The van der Waals surface area contributed by atoms with Crippen molar-refractivity contribution in [3.63, 3.8) is 0 Å². The normalized spacial score (nSPS) is 16.3. The maximum absolute atomic E-state index is 13.8. The lowest BCUT2D eigenvalue weighted by Crippen LogP contribution is -2.41. The van der Waals surface area contributed by atoms with Gasteiger partial charge in [0.1, 0.15) is 5.82 Å². The van der Waals surface area contributed by atoms with Gasteiger partial charge in [-0.2, -0.15) is 0 Å². The van der Waals surface area contributed by atoms with E-state index >= 15 is 0 Å². The summed E-state index contributed by atoms with van der Waals surface area (Å²) in [6.07, 6.45) is 5.59. The molecular formula is C15H21FN2O. The van der Waals surface area contributed by atoms with Gasteiger partial charge in [0, 0.05) is 18.3 Å². The fourth-order valence-corrected chi connectivity index (χ4v) is 2.82. The molecule has 1 amide bonds. The molecular weight excluding hydrogens is 243 g/mol. The molecule has 1 fully saturated rings. The standard InChI is InChI=1S/C15H21FN2O/c1-2-18(12-6-4-3-5-7-12)15(19)13-9-8-11(17)10-14(13)16/h8-10,12H,2-7,17H2,1H3. The molecule has 0 radical (unpaired) electrons. The number of carbonyl (C=O) groups is 1. The number of amides is 1. The van der Waals surface area contributed by atoms with Crippen molar-refractivity contribution in [1.82, 2.24) is 4.90 Å². The van der Waals surface area contributed by atoms with Gasteiger partial charge in [0.2, 0.25) is 0 Å². The molecule has 0 atom stereocenters. The summed E-state index contributed by atoms with van der Waals surface area (Å²) in [7, 11) is 0. The third kappa shape index (κ3) is 3.06. The van der Waals surface area contributed by atoms with Crippen molar-refractivity contribution >= 4 is 11.6 Å². The van der Waals surface area contributed by atoms with E-state index in [0.717, 1.165) is 25.7 Å². The van der Waals surface area contributed by atoms with E-state index in [9.17, 15) is 9.18 Å². The number of nitrogens with zero attached hydrogens (tertiary/aromatic N) is 1. The number of anilines is 1. The van der Waals surface area contributed by atoms with Crippen LogP contribution in [-0.2, 0) is 0 Å². The number of carbonyl (C=O) groups excluding carboxylic acids is 1. The predicted molar refractivity (Wildman–Crippen MR) is 74.4 cm³/mol. The minimum atomic E-state index is -0.528. The highest BCUT2D eigenvalue weighted by Crippen LogP contribution is 2.24. The molecule has 1 aromatic carbocycles. The Bertz CT molecular complexity index is 455. The summed E-state index contributed by atoms with van der Waals surface area (Å²) < 4.78 is 13.8. The van der Waals surface area contributed by atoms with Gasteiger partial charge in [-0.3, -0.25) is 4.79 Å². The lowest BCUT2D eigenvalue weighted by molar-refractivity contribution is 0.0643. The largest absolute Gasteiger partial charge is 0.399 e. The van der Waals surface area contributed by atoms with Crippen molar-refractivity contribution in [2.45, 2.75) is 45.1 Å². The number of nitrogens with two attached hydrogens (primary N) is 1. The molecule has 0 aliphatic heterocycles. The van der Waals surface area contributed by atoms with Crippen molar-refractivity contribution in [2.24, 2.45) is 0 Å². The SMILES string of the molecule is CCN(C(=O)c1ccc(N)cc1F)C1CCCCC1. The molecule has 104 valence electrons. The molecule has 0 spiro atoms. The third-order valence-electron chi connectivity index (χ3n) is 3.84. The zero-order valence-corrected chi connectivity index (χ0v) is 11.4. The number of rotatable bonds is 3. The van der Waals surface area contributed by atoms with Crippen LogP contribution in [0.1, 0.15) is 49.4 Å². The molecule has 1 aliphatic carbocycles. The van der Waals surface area contributed by atoms with Crippen LogP contribution in [0.25, 0.3) is 0 Å².